The lowest BCUT2D eigenvalue weighted by atomic mass is 10.2. The topological polar surface area (TPSA) is 26.0 Å². The van der Waals surface area contributed by atoms with Gasteiger partial charge in [-0.3, -0.25) is 0 Å². The van der Waals surface area contributed by atoms with E-state index in [1.165, 1.54) is 22.9 Å². The van der Waals surface area contributed by atoms with Crippen LogP contribution in [0.5, 0.6) is 0 Å². The van der Waals surface area contributed by atoms with Crippen molar-refractivity contribution in [2.24, 2.45) is 5.73 Å². The monoisotopic (exact) mass is 197 g/mol. The van der Waals surface area contributed by atoms with Gasteiger partial charge in [0.25, 0.3) is 0 Å². The lowest BCUT2D eigenvalue weighted by Gasteiger charge is -2.02. The highest BCUT2D eigenvalue weighted by Crippen LogP contribution is 2.20. The Morgan fingerprint density at radius 3 is 2.17 bits per heavy atom. The van der Waals surface area contributed by atoms with Crippen LogP contribution in [0.15, 0.2) is 23.1 Å². The third kappa shape index (κ3) is 2.83. The smallest absolute Gasteiger partial charge is 0.135 e. The first-order valence-electron chi connectivity index (χ1n) is 3.63. The normalized spacial score (nSPS) is 9.83. The van der Waals surface area contributed by atoms with Gasteiger partial charge in [-0.1, -0.05) is 30.0 Å². The Bertz CT molecular complexity index is 287. The summed E-state index contributed by atoms with van der Waals surface area (Å²) in [6, 6.07) is 6.29. The summed E-state index contributed by atoms with van der Waals surface area (Å²) in [7, 11) is 0. The zero-order chi connectivity index (χ0) is 9.14. The van der Waals surface area contributed by atoms with Gasteiger partial charge in [0.1, 0.15) is 4.32 Å². The lowest BCUT2D eigenvalue weighted by molar-refractivity contribution is 1.30. The summed E-state index contributed by atoms with van der Waals surface area (Å²) in [5.41, 5.74) is 7.91. The molecule has 1 rings (SSSR count). The number of rotatable bonds is 1. The number of benzene rings is 1. The van der Waals surface area contributed by atoms with Crippen molar-refractivity contribution >= 4 is 28.3 Å². The van der Waals surface area contributed by atoms with Crippen LogP contribution in [0.2, 0.25) is 0 Å². The molecule has 0 aromatic heterocycles. The van der Waals surface area contributed by atoms with Crippen molar-refractivity contribution in [3.05, 3.63) is 29.3 Å². The van der Waals surface area contributed by atoms with Gasteiger partial charge in [-0.25, -0.2) is 0 Å². The summed E-state index contributed by atoms with van der Waals surface area (Å²) in [6.45, 7) is 4.13. The minimum Gasteiger partial charge on any atom is -0.384 e. The molecule has 0 heterocycles. The maximum absolute atomic E-state index is 5.42. The van der Waals surface area contributed by atoms with Crippen molar-refractivity contribution in [1.82, 2.24) is 0 Å². The van der Waals surface area contributed by atoms with Crippen molar-refractivity contribution in [3.8, 4) is 0 Å². The van der Waals surface area contributed by atoms with Crippen LogP contribution in [0.4, 0.5) is 0 Å². The van der Waals surface area contributed by atoms with E-state index in [1.54, 1.807) is 0 Å². The van der Waals surface area contributed by atoms with E-state index in [0.717, 1.165) is 4.90 Å². The number of aryl methyl sites for hydroxylation is 2. The standard InChI is InChI=1S/C9H11NS2/c1-6-3-7(2)5-8(4-6)12-9(10)11/h3-5H,1-2H3,(H2,10,11). The fourth-order valence-corrected chi connectivity index (χ4v) is 2.12. The van der Waals surface area contributed by atoms with Crippen molar-refractivity contribution in [2.45, 2.75) is 18.7 Å². The number of hydrogen-bond acceptors (Lipinski definition) is 2. The molecule has 0 atom stereocenters. The van der Waals surface area contributed by atoms with Crippen LogP contribution in [-0.4, -0.2) is 4.32 Å². The van der Waals surface area contributed by atoms with E-state index >= 15 is 0 Å². The van der Waals surface area contributed by atoms with Gasteiger partial charge in [0, 0.05) is 4.90 Å². The quantitative estimate of drug-likeness (QED) is 0.553. The summed E-state index contributed by atoms with van der Waals surface area (Å²) in [4.78, 5) is 1.13. The molecule has 3 heteroatoms. The first-order chi connectivity index (χ1) is 5.58. The van der Waals surface area contributed by atoms with Crippen LogP contribution in [0, 0.1) is 13.8 Å². The highest BCUT2D eigenvalue weighted by Gasteiger charge is 1.97. The summed E-state index contributed by atoms with van der Waals surface area (Å²) in [5.74, 6) is 0. The minimum atomic E-state index is 0.472. The second kappa shape index (κ2) is 3.92. The molecule has 0 aliphatic rings. The fraction of sp³-hybridized carbons (Fsp3) is 0.222. The predicted octanol–water partition coefficient (Wildman–Crippen LogP) is 2.64. The molecule has 0 bridgehead atoms. The van der Waals surface area contributed by atoms with Gasteiger partial charge < -0.3 is 5.73 Å². The van der Waals surface area contributed by atoms with Gasteiger partial charge in [-0.15, -0.1) is 0 Å². The average molecular weight is 197 g/mol. The van der Waals surface area contributed by atoms with Gasteiger partial charge in [-0.2, -0.15) is 0 Å². The molecule has 0 spiro atoms. The van der Waals surface area contributed by atoms with Gasteiger partial charge >= 0.3 is 0 Å². The molecule has 0 amide bonds. The highest BCUT2D eigenvalue weighted by molar-refractivity contribution is 8.22. The largest absolute Gasteiger partial charge is 0.384 e. The molecule has 0 fully saturated rings. The fourth-order valence-electron chi connectivity index (χ4n) is 1.11. The Morgan fingerprint density at radius 2 is 1.75 bits per heavy atom. The second-order valence-corrected chi connectivity index (χ2v) is 4.56. The molecule has 1 aromatic rings. The van der Waals surface area contributed by atoms with Crippen LogP contribution in [0.25, 0.3) is 0 Å². The molecule has 0 unspecified atom stereocenters. The summed E-state index contributed by atoms with van der Waals surface area (Å²) >= 11 is 6.24. The summed E-state index contributed by atoms with van der Waals surface area (Å²) in [5, 5.41) is 0. The minimum absolute atomic E-state index is 0.472. The van der Waals surface area contributed by atoms with E-state index in [0.29, 0.717) is 4.32 Å². The molecule has 64 valence electrons. The average Bonchev–Trinajstić information content (AvgIpc) is 1.81. The van der Waals surface area contributed by atoms with Crippen LogP contribution in [-0.2, 0) is 0 Å². The maximum atomic E-state index is 5.42. The van der Waals surface area contributed by atoms with E-state index in [2.05, 4.69) is 32.0 Å². The van der Waals surface area contributed by atoms with Gasteiger partial charge in [0.2, 0.25) is 0 Å². The molecule has 0 radical (unpaired) electrons. The molecule has 12 heavy (non-hydrogen) atoms. The lowest BCUT2D eigenvalue weighted by Crippen LogP contribution is -2.01. The Morgan fingerprint density at radius 1 is 1.25 bits per heavy atom. The highest BCUT2D eigenvalue weighted by atomic mass is 32.2. The SMILES string of the molecule is Cc1cc(C)cc(SC(N)=S)c1. The van der Waals surface area contributed by atoms with Crippen LogP contribution >= 0.6 is 24.0 Å². The third-order valence-corrected chi connectivity index (χ3v) is 2.34. The van der Waals surface area contributed by atoms with Gasteiger partial charge in [0.05, 0.1) is 0 Å². The van der Waals surface area contributed by atoms with E-state index in [4.69, 9.17) is 18.0 Å². The third-order valence-electron chi connectivity index (χ3n) is 1.41. The van der Waals surface area contributed by atoms with Gasteiger partial charge in [-0.05, 0) is 37.1 Å². The first-order valence-corrected chi connectivity index (χ1v) is 4.86. The van der Waals surface area contributed by atoms with E-state index in [-0.39, 0.29) is 0 Å². The molecular formula is C9H11NS2. The number of thioether (sulfide) groups is 1. The van der Waals surface area contributed by atoms with Gasteiger partial charge in [0.15, 0.2) is 0 Å². The number of nitrogens with two attached hydrogens (primary N) is 1. The maximum Gasteiger partial charge on any atom is 0.135 e. The van der Waals surface area contributed by atoms with Crippen LogP contribution in [0.3, 0.4) is 0 Å². The Labute approximate surface area is 82.3 Å². The van der Waals surface area contributed by atoms with E-state index < -0.39 is 0 Å². The van der Waals surface area contributed by atoms with E-state index in [9.17, 15) is 0 Å². The zero-order valence-corrected chi connectivity index (χ0v) is 8.76. The van der Waals surface area contributed by atoms with Crippen molar-refractivity contribution in [2.75, 3.05) is 0 Å². The van der Waals surface area contributed by atoms with E-state index in [1.807, 2.05) is 0 Å². The summed E-state index contributed by atoms with van der Waals surface area (Å²) in [6.07, 6.45) is 0. The van der Waals surface area contributed by atoms with Crippen molar-refractivity contribution in [1.29, 1.82) is 0 Å². The van der Waals surface area contributed by atoms with Crippen LogP contribution < -0.4 is 5.73 Å². The van der Waals surface area contributed by atoms with Crippen molar-refractivity contribution < 1.29 is 0 Å². The van der Waals surface area contributed by atoms with Crippen molar-refractivity contribution in [3.63, 3.8) is 0 Å². The van der Waals surface area contributed by atoms with Crippen LogP contribution in [0.1, 0.15) is 11.1 Å². The predicted molar refractivity (Wildman–Crippen MR) is 58.6 cm³/mol. The molecule has 0 aliphatic heterocycles. The molecule has 2 N–H and O–H groups in total. The Kier molecular flexibility index (Phi) is 3.12. The first kappa shape index (κ1) is 9.55. The molecule has 0 saturated carbocycles. The molecular weight excluding hydrogens is 186 g/mol. The Balaban J connectivity index is 2.93. The molecule has 1 nitrogen and oxygen atoms in total. The molecule has 0 aliphatic carbocycles. The number of thiocarbonyl (C=S) groups is 1. The summed E-state index contributed by atoms with van der Waals surface area (Å²) < 4.78 is 0.472. The zero-order valence-electron chi connectivity index (χ0n) is 7.13. The second-order valence-electron chi connectivity index (χ2n) is 2.74. The molecule has 0 saturated heterocycles. The molecule has 1 aromatic carbocycles. The Hall–Kier alpha value is -0.540. The number of hydrogen-bond donors (Lipinski definition) is 1.